The first-order chi connectivity index (χ1) is 5.17. The Morgan fingerprint density at radius 1 is 1.00 bits per heavy atom. The van der Waals surface area contributed by atoms with E-state index >= 15 is 0 Å². The lowest BCUT2D eigenvalue weighted by Crippen LogP contribution is -3.00. The van der Waals surface area contributed by atoms with Crippen molar-refractivity contribution in [2.45, 2.75) is 13.1 Å². The van der Waals surface area contributed by atoms with Crippen LogP contribution in [0.15, 0.2) is 24.3 Å². The second-order valence-corrected chi connectivity index (χ2v) is 4.02. The van der Waals surface area contributed by atoms with Gasteiger partial charge in [-0.2, -0.15) is 0 Å². The van der Waals surface area contributed by atoms with Crippen LogP contribution in [0.2, 0.25) is 0 Å². The van der Waals surface area contributed by atoms with Gasteiger partial charge in [0.1, 0.15) is 13.1 Å². The third kappa shape index (κ3) is 1.80. The van der Waals surface area contributed by atoms with E-state index in [9.17, 15) is 0 Å². The highest BCUT2D eigenvalue weighted by atomic mass is 127. The predicted octanol–water partition coefficient (Wildman–Crippen LogP) is -1.22. The molecule has 1 nitrogen and oxygen atoms in total. The molecule has 66 valence electrons. The van der Waals surface area contributed by atoms with E-state index in [0.29, 0.717) is 0 Å². The number of fused-ring (bicyclic) bond motifs is 1. The van der Waals surface area contributed by atoms with Gasteiger partial charge in [0.15, 0.2) is 0 Å². The molecule has 0 amide bonds. The van der Waals surface area contributed by atoms with Crippen molar-refractivity contribution in [2.24, 2.45) is 0 Å². The molecule has 1 aliphatic heterocycles. The minimum Gasteiger partial charge on any atom is -1.00 e. The largest absolute Gasteiger partial charge is 1.00 e. The van der Waals surface area contributed by atoms with Crippen molar-refractivity contribution < 1.29 is 28.5 Å². The Morgan fingerprint density at radius 3 is 1.83 bits per heavy atom. The minimum absolute atomic E-state index is 0. The van der Waals surface area contributed by atoms with Gasteiger partial charge in [-0.15, -0.1) is 0 Å². The average molecular weight is 275 g/mol. The van der Waals surface area contributed by atoms with Crippen LogP contribution in [-0.2, 0) is 13.1 Å². The summed E-state index contributed by atoms with van der Waals surface area (Å²) in [5.41, 5.74) is 3.05. The molecule has 0 aliphatic carbocycles. The molecule has 0 atom stereocenters. The molecule has 0 bridgehead atoms. The number of nitrogens with zero attached hydrogens (tertiary/aromatic N) is 1. The van der Waals surface area contributed by atoms with Gasteiger partial charge in [0, 0.05) is 11.1 Å². The fraction of sp³-hybridized carbons (Fsp3) is 0.400. The number of hydrogen-bond donors (Lipinski definition) is 0. The number of hydrogen-bond acceptors (Lipinski definition) is 0. The van der Waals surface area contributed by atoms with E-state index in [-0.39, 0.29) is 24.0 Å². The Morgan fingerprint density at radius 2 is 1.42 bits per heavy atom. The molecular weight excluding hydrogens is 261 g/mol. The van der Waals surface area contributed by atoms with E-state index in [1.54, 1.807) is 0 Å². The van der Waals surface area contributed by atoms with E-state index in [1.807, 2.05) is 0 Å². The molecule has 1 aromatic carbocycles. The van der Waals surface area contributed by atoms with E-state index in [2.05, 4.69) is 38.4 Å². The van der Waals surface area contributed by atoms with Gasteiger partial charge in [-0.25, -0.2) is 0 Å². The lowest BCUT2D eigenvalue weighted by Gasteiger charge is -2.22. The van der Waals surface area contributed by atoms with Crippen molar-refractivity contribution in [1.82, 2.24) is 0 Å². The van der Waals surface area contributed by atoms with Crippen molar-refractivity contribution in [3.8, 4) is 0 Å². The average Bonchev–Trinajstić information content (AvgIpc) is 2.21. The van der Waals surface area contributed by atoms with Crippen LogP contribution in [0.3, 0.4) is 0 Å². The van der Waals surface area contributed by atoms with Crippen LogP contribution in [0.25, 0.3) is 0 Å². The summed E-state index contributed by atoms with van der Waals surface area (Å²) in [6.45, 7) is 2.38. The summed E-state index contributed by atoms with van der Waals surface area (Å²) in [4.78, 5) is 0. The van der Waals surface area contributed by atoms with Gasteiger partial charge in [0.25, 0.3) is 0 Å². The maximum absolute atomic E-state index is 2.28. The van der Waals surface area contributed by atoms with Crippen molar-refractivity contribution in [3.05, 3.63) is 35.4 Å². The first-order valence-corrected chi connectivity index (χ1v) is 4.06. The first-order valence-electron chi connectivity index (χ1n) is 4.06. The van der Waals surface area contributed by atoms with Gasteiger partial charge in [0.2, 0.25) is 0 Å². The van der Waals surface area contributed by atoms with Crippen LogP contribution in [0.4, 0.5) is 0 Å². The van der Waals surface area contributed by atoms with Crippen LogP contribution in [0.5, 0.6) is 0 Å². The van der Waals surface area contributed by atoms with Gasteiger partial charge in [-0.1, -0.05) is 24.3 Å². The molecule has 12 heavy (non-hydrogen) atoms. The molecule has 2 heteroatoms. The summed E-state index contributed by atoms with van der Waals surface area (Å²) < 4.78 is 1.11. The predicted molar refractivity (Wildman–Crippen MR) is 46.0 cm³/mol. The maximum Gasteiger partial charge on any atom is 0.105 e. The van der Waals surface area contributed by atoms with Crippen molar-refractivity contribution >= 4 is 0 Å². The molecule has 0 radical (unpaired) electrons. The van der Waals surface area contributed by atoms with Crippen molar-refractivity contribution in [3.63, 3.8) is 0 Å². The molecule has 0 N–H and O–H groups in total. The fourth-order valence-electron chi connectivity index (χ4n) is 1.84. The topological polar surface area (TPSA) is 0 Å². The molecule has 0 saturated heterocycles. The normalized spacial score (nSPS) is 18.2. The SMILES string of the molecule is C[N+]1(C)Cc2ccccc2C1.[I-]. The third-order valence-electron chi connectivity index (χ3n) is 2.32. The van der Waals surface area contributed by atoms with Gasteiger partial charge in [-0.05, 0) is 0 Å². The molecule has 0 aromatic heterocycles. The second-order valence-electron chi connectivity index (χ2n) is 4.02. The molecule has 0 spiro atoms. The zero-order valence-corrected chi connectivity index (χ0v) is 9.71. The van der Waals surface area contributed by atoms with Crippen LogP contribution < -0.4 is 24.0 Å². The fourth-order valence-corrected chi connectivity index (χ4v) is 1.84. The monoisotopic (exact) mass is 275 g/mol. The minimum atomic E-state index is 0. The third-order valence-corrected chi connectivity index (χ3v) is 2.32. The van der Waals surface area contributed by atoms with E-state index < -0.39 is 0 Å². The standard InChI is InChI=1S/C10H14N.HI/c1-11(2)7-9-5-3-4-6-10(9)8-11;/h3-6H,7-8H2,1-2H3;1H/q+1;/p-1. The Hall–Kier alpha value is -0.0900. The van der Waals surface area contributed by atoms with Crippen LogP contribution in [0, 0.1) is 0 Å². The molecular formula is C10H14IN. The van der Waals surface area contributed by atoms with Crippen molar-refractivity contribution in [2.75, 3.05) is 14.1 Å². The first kappa shape index (κ1) is 9.99. The van der Waals surface area contributed by atoms with Gasteiger partial charge in [0.05, 0.1) is 14.1 Å². The summed E-state index contributed by atoms with van der Waals surface area (Å²) in [6, 6.07) is 8.74. The van der Waals surface area contributed by atoms with E-state index in [1.165, 1.54) is 24.2 Å². The summed E-state index contributed by atoms with van der Waals surface area (Å²) in [6.07, 6.45) is 0. The summed E-state index contributed by atoms with van der Waals surface area (Å²) in [5.74, 6) is 0. The Kier molecular flexibility index (Phi) is 2.78. The van der Waals surface area contributed by atoms with Crippen LogP contribution in [0.1, 0.15) is 11.1 Å². The highest BCUT2D eigenvalue weighted by Gasteiger charge is 2.26. The van der Waals surface area contributed by atoms with Gasteiger partial charge < -0.3 is 28.5 Å². The van der Waals surface area contributed by atoms with Gasteiger partial charge >= 0.3 is 0 Å². The van der Waals surface area contributed by atoms with E-state index in [4.69, 9.17) is 0 Å². The maximum atomic E-state index is 2.28. The number of rotatable bonds is 0. The summed E-state index contributed by atoms with van der Waals surface area (Å²) in [7, 11) is 4.56. The Labute approximate surface area is 91.0 Å². The highest BCUT2D eigenvalue weighted by Crippen LogP contribution is 2.25. The quantitative estimate of drug-likeness (QED) is 0.411. The summed E-state index contributed by atoms with van der Waals surface area (Å²) >= 11 is 0. The molecule has 0 fully saturated rings. The number of halogens is 1. The summed E-state index contributed by atoms with van der Waals surface area (Å²) in [5, 5.41) is 0. The lowest BCUT2D eigenvalue weighted by molar-refractivity contribution is -0.910. The molecule has 0 unspecified atom stereocenters. The smallest absolute Gasteiger partial charge is 0.105 e. The molecule has 1 aromatic rings. The van der Waals surface area contributed by atoms with Crippen molar-refractivity contribution in [1.29, 1.82) is 0 Å². The highest BCUT2D eigenvalue weighted by molar-refractivity contribution is 5.27. The van der Waals surface area contributed by atoms with E-state index in [0.717, 1.165) is 4.48 Å². The number of quaternary nitrogens is 1. The van der Waals surface area contributed by atoms with Crippen LogP contribution in [-0.4, -0.2) is 18.6 Å². The zero-order valence-electron chi connectivity index (χ0n) is 7.55. The molecule has 2 rings (SSSR count). The number of benzene rings is 1. The lowest BCUT2D eigenvalue weighted by atomic mass is 10.1. The van der Waals surface area contributed by atoms with Gasteiger partial charge in [-0.3, -0.25) is 0 Å². The molecule has 1 aliphatic rings. The Bertz CT molecular complexity index is 254. The Balaban J connectivity index is 0.000000720. The molecule has 1 heterocycles. The molecule has 0 saturated carbocycles. The zero-order chi connectivity index (χ0) is 7.90. The second kappa shape index (κ2) is 3.34. The van der Waals surface area contributed by atoms with Crippen LogP contribution >= 0.6 is 0 Å².